The first-order valence-corrected chi connectivity index (χ1v) is 13.9. The monoisotopic (exact) mass is 540 g/mol. The molecule has 0 aliphatic heterocycles. The molecule has 0 aliphatic carbocycles. The first kappa shape index (κ1) is 26.6. The molecule has 9 nitrogen and oxygen atoms in total. The van der Waals surface area contributed by atoms with Crippen LogP contribution in [0, 0.1) is 0 Å². The van der Waals surface area contributed by atoms with Crippen molar-refractivity contribution in [1.29, 1.82) is 0 Å². The molecular weight excluding hydrogens is 512 g/mol. The highest BCUT2D eigenvalue weighted by Gasteiger charge is 2.15. The third kappa shape index (κ3) is 7.28. The Morgan fingerprint density at radius 3 is 2.32 bits per heavy atom. The molecule has 0 saturated heterocycles. The third-order valence-corrected chi connectivity index (χ3v) is 7.82. The smallest absolute Gasteiger partial charge is 0.263 e. The molecule has 194 valence electrons. The number of aliphatic hydroxyl groups is 2. The molecular formula is C26H28N4O5S2. The zero-order valence-corrected chi connectivity index (χ0v) is 21.5. The van der Waals surface area contributed by atoms with Gasteiger partial charge < -0.3 is 26.0 Å². The Hall–Kier alpha value is -3.48. The lowest BCUT2D eigenvalue weighted by Gasteiger charge is -2.14. The van der Waals surface area contributed by atoms with Crippen molar-refractivity contribution >= 4 is 37.9 Å². The summed E-state index contributed by atoms with van der Waals surface area (Å²) in [6.07, 6.45) is 1.56. The van der Waals surface area contributed by atoms with Crippen molar-refractivity contribution in [3.05, 3.63) is 95.0 Å². The van der Waals surface area contributed by atoms with E-state index in [1.807, 2.05) is 24.3 Å². The van der Waals surface area contributed by atoms with Crippen LogP contribution >= 0.6 is 11.3 Å². The molecule has 4 rings (SSSR count). The summed E-state index contributed by atoms with van der Waals surface area (Å²) in [6.45, 7) is 0.726. The summed E-state index contributed by atoms with van der Waals surface area (Å²) in [7, 11) is -3.69. The van der Waals surface area contributed by atoms with E-state index in [1.165, 1.54) is 35.7 Å². The first-order valence-electron chi connectivity index (χ1n) is 11.5. The molecule has 1 atom stereocenters. The number of anilines is 3. The van der Waals surface area contributed by atoms with Gasteiger partial charge in [0.2, 0.25) is 0 Å². The minimum Gasteiger partial charge on any atom is -0.508 e. The average molecular weight is 541 g/mol. The van der Waals surface area contributed by atoms with Crippen molar-refractivity contribution in [1.82, 2.24) is 10.3 Å². The Balaban J connectivity index is 1.24. The standard InChI is InChI=1S/C26H28N4O5S2/c31-17-20-15-19(3-10-24(20)32)25(33)16-27-12-11-18-1-4-21(5-2-18)29-22-6-8-23(9-7-22)37(34,35)30-26-28-13-14-36-26/h1-10,13-15,25,27,29,31-33H,11-12,16-17H2,(H,28,30). The number of aromatic nitrogens is 1. The van der Waals surface area contributed by atoms with E-state index in [0.29, 0.717) is 29.3 Å². The van der Waals surface area contributed by atoms with Gasteiger partial charge in [0.1, 0.15) is 5.75 Å². The molecule has 0 bridgehead atoms. The van der Waals surface area contributed by atoms with Gasteiger partial charge in [0.05, 0.1) is 17.6 Å². The maximum atomic E-state index is 12.5. The topological polar surface area (TPSA) is 144 Å². The van der Waals surface area contributed by atoms with E-state index in [2.05, 4.69) is 20.3 Å². The van der Waals surface area contributed by atoms with E-state index < -0.39 is 16.1 Å². The van der Waals surface area contributed by atoms with Crippen LogP contribution in [0.2, 0.25) is 0 Å². The highest BCUT2D eigenvalue weighted by atomic mass is 32.2. The van der Waals surface area contributed by atoms with Gasteiger partial charge in [-0.2, -0.15) is 0 Å². The van der Waals surface area contributed by atoms with Gasteiger partial charge in [0, 0.05) is 35.1 Å². The number of rotatable bonds is 12. The lowest BCUT2D eigenvalue weighted by Crippen LogP contribution is -2.23. The summed E-state index contributed by atoms with van der Waals surface area (Å²) in [6, 6.07) is 19.1. The molecule has 0 spiro atoms. The Bertz CT molecular complexity index is 1390. The SMILES string of the molecule is O=S(=O)(Nc1nccs1)c1ccc(Nc2ccc(CCNCC(O)c3ccc(O)c(CO)c3)cc2)cc1. The molecule has 3 aromatic carbocycles. The lowest BCUT2D eigenvalue weighted by molar-refractivity contribution is 0.174. The second kappa shape index (κ2) is 12.2. The van der Waals surface area contributed by atoms with Crippen molar-refractivity contribution in [2.45, 2.75) is 24.0 Å². The van der Waals surface area contributed by atoms with Crippen molar-refractivity contribution in [2.75, 3.05) is 23.1 Å². The van der Waals surface area contributed by atoms with Gasteiger partial charge in [-0.05, 0) is 72.6 Å². The molecule has 1 heterocycles. The van der Waals surface area contributed by atoms with Crippen LogP contribution in [0.25, 0.3) is 0 Å². The number of thiazole rings is 1. The molecule has 11 heteroatoms. The van der Waals surface area contributed by atoms with Crippen molar-refractivity contribution in [2.24, 2.45) is 0 Å². The average Bonchev–Trinajstić information content (AvgIpc) is 3.40. The Kier molecular flexibility index (Phi) is 8.74. The van der Waals surface area contributed by atoms with Crippen LogP contribution in [-0.4, -0.2) is 41.8 Å². The molecule has 0 aliphatic rings. The second-order valence-electron chi connectivity index (χ2n) is 8.31. The summed E-state index contributed by atoms with van der Waals surface area (Å²) < 4.78 is 27.4. The molecule has 37 heavy (non-hydrogen) atoms. The molecule has 0 radical (unpaired) electrons. The predicted molar refractivity (Wildman–Crippen MR) is 145 cm³/mol. The van der Waals surface area contributed by atoms with E-state index >= 15 is 0 Å². The zero-order chi connectivity index (χ0) is 26.3. The van der Waals surface area contributed by atoms with Crippen LogP contribution in [0.5, 0.6) is 5.75 Å². The quantitative estimate of drug-likeness (QED) is 0.149. The molecule has 0 fully saturated rings. The van der Waals surface area contributed by atoms with Crippen LogP contribution in [0.1, 0.15) is 22.8 Å². The highest BCUT2D eigenvalue weighted by Crippen LogP contribution is 2.23. The Labute approximate surface area is 219 Å². The van der Waals surface area contributed by atoms with E-state index in [-0.39, 0.29) is 17.3 Å². The molecule has 0 amide bonds. The van der Waals surface area contributed by atoms with Crippen LogP contribution in [0.4, 0.5) is 16.5 Å². The summed E-state index contributed by atoms with van der Waals surface area (Å²) in [5.41, 5.74) is 3.77. The number of hydrogen-bond donors (Lipinski definition) is 6. The third-order valence-electron chi connectivity index (χ3n) is 5.65. The summed E-state index contributed by atoms with van der Waals surface area (Å²) in [5.74, 6) is 0.00852. The molecule has 4 aromatic rings. The number of benzene rings is 3. The second-order valence-corrected chi connectivity index (χ2v) is 10.9. The summed E-state index contributed by atoms with van der Waals surface area (Å²) in [5, 5.41) is 37.8. The number of hydrogen-bond acceptors (Lipinski definition) is 9. The molecule has 1 aromatic heterocycles. The number of sulfonamides is 1. The van der Waals surface area contributed by atoms with Gasteiger partial charge in [-0.15, -0.1) is 11.3 Å². The van der Waals surface area contributed by atoms with E-state index in [0.717, 1.165) is 23.4 Å². The number of aromatic hydroxyl groups is 1. The number of aliphatic hydroxyl groups excluding tert-OH is 2. The van der Waals surface area contributed by atoms with Crippen molar-refractivity contribution in [3.8, 4) is 5.75 Å². The summed E-state index contributed by atoms with van der Waals surface area (Å²) in [4.78, 5) is 4.10. The van der Waals surface area contributed by atoms with Gasteiger partial charge in [0.15, 0.2) is 5.13 Å². The fourth-order valence-corrected chi connectivity index (χ4v) is 5.40. The predicted octanol–water partition coefficient (Wildman–Crippen LogP) is 3.75. The van der Waals surface area contributed by atoms with E-state index in [4.69, 9.17) is 0 Å². The van der Waals surface area contributed by atoms with Gasteiger partial charge in [-0.3, -0.25) is 4.72 Å². The molecule has 1 unspecified atom stereocenters. The maximum Gasteiger partial charge on any atom is 0.263 e. The maximum absolute atomic E-state index is 12.5. The van der Waals surface area contributed by atoms with Crippen LogP contribution in [0.15, 0.2) is 83.2 Å². The zero-order valence-electron chi connectivity index (χ0n) is 19.8. The van der Waals surface area contributed by atoms with Gasteiger partial charge in [0.25, 0.3) is 10.0 Å². The Morgan fingerprint density at radius 1 is 0.973 bits per heavy atom. The fourth-order valence-electron chi connectivity index (χ4n) is 3.62. The molecule has 6 N–H and O–H groups in total. The van der Waals surface area contributed by atoms with Gasteiger partial charge >= 0.3 is 0 Å². The van der Waals surface area contributed by atoms with Crippen LogP contribution in [0.3, 0.4) is 0 Å². The van der Waals surface area contributed by atoms with E-state index in [9.17, 15) is 23.7 Å². The first-order chi connectivity index (χ1) is 17.8. The van der Waals surface area contributed by atoms with Crippen LogP contribution in [-0.2, 0) is 23.1 Å². The number of nitrogens with one attached hydrogen (secondary N) is 3. The van der Waals surface area contributed by atoms with Gasteiger partial charge in [-0.1, -0.05) is 18.2 Å². The van der Waals surface area contributed by atoms with Crippen molar-refractivity contribution in [3.63, 3.8) is 0 Å². The fraction of sp³-hybridized carbons (Fsp3) is 0.192. The normalized spacial score (nSPS) is 12.3. The number of phenols is 1. The Morgan fingerprint density at radius 2 is 1.68 bits per heavy atom. The minimum absolute atomic E-state index is 0.00852. The molecule has 0 saturated carbocycles. The largest absolute Gasteiger partial charge is 0.508 e. The van der Waals surface area contributed by atoms with Crippen molar-refractivity contribution < 1.29 is 23.7 Å². The lowest BCUT2D eigenvalue weighted by atomic mass is 10.1. The van der Waals surface area contributed by atoms with Crippen LogP contribution < -0.4 is 15.4 Å². The number of nitrogens with zero attached hydrogens (tertiary/aromatic N) is 1. The minimum atomic E-state index is -3.69. The van der Waals surface area contributed by atoms with Gasteiger partial charge in [-0.25, -0.2) is 13.4 Å². The highest BCUT2D eigenvalue weighted by molar-refractivity contribution is 7.93. The van der Waals surface area contributed by atoms with E-state index in [1.54, 1.807) is 29.6 Å². The summed E-state index contributed by atoms with van der Waals surface area (Å²) >= 11 is 1.21.